The molecular formula is C27H39N3O6S. The molecule has 2 aromatic carbocycles. The largest absolute Gasteiger partial charge is 0.493 e. The molecule has 9 nitrogen and oxygen atoms in total. The molecule has 1 N–H and O–H groups in total. The van der Waals surface area contributed by atoms with Crippen molar-refractivity contribution >= 4 is 27.5 Å². The molecule has 0 aromatic heterocycles. The van der Waals surface area contributed by atoms with E-state index in [-0.39, 0.29) is 18.1 Å². The number of anilines is 1. The van der Waals surface area contributed by atoms with Gasteiger partial charge in [0.1, 0.15) is 12.6 Å². The van der Waals surface area contributed by atoms with E-state index in [0.717, 1.165) is 34.5 Å². The zero-order chi connectivity index (χ0) is 27.6. The van der Waals surface area contributed by atoms with Crippen LogP contribution in [0.25, 0.3) is 0 Å². The maximum absolute atomic E-state index is 13.8. The summed E-state index contributed by atoms with van der Waals surface area (Å²) in [4.78, 5) is 28.4. The number of methoxy groups -OCH3 is 2. The van der Waals surface area contributed by atoms with Gasteiger partial charge in [0.25, 0.3) is 0 Å². The third kappa shape index (κ3) is 8.11. The van der Waals surface area contributed by atoms with Crippen LogP contribution in [0.2, 0.25) is 0 Å². The van der Waals surface area contributed by atoms with Gasteiger partial charge in [0.2, 0.25) is 21.8 Å². The van der Waals surface area contributed by atoms with Crippen LogP contribution in [0.15, 0.2) is 42.5 Å². The van der Waals surface area contributed by atoms with Crippen molar-refractivity contribution in [3.05, 3.63) is 53.6 Å². The predicted molar refractivity (Wildman–Crippen MR) is 145 cm³/mol. The van der Waals surface area contributed by atoms with Gasteiger partial charge in [-0.25, -0.2) is 8.42 Å². The van der Waals surface area contributed by atoms with Crippen LogP contribution in [0.5, 0.6) is 11.5 Å². The minimum Gasteiger partial charge on any atom is -0.493 e. The highest BCUT2D eigenvalue weighted by atomic mass is 32.2. The van der Waals surface area contributed by atoms with Crippen molar-refractivity contribution in [2.45, 2.75) is 52.6 Å². The zero-order valence-electron chi connectivity index (χ0n) is 22.6. The lowest BCUT2D eigenvalue weighted by molar-refractivity contribution is -0.140. The molecule has 0 fully saturated rings. The molecule has 10 heteroatoms. The fourth-order valence-corrected chi connectivity index (χ4v) is 4.83. The van der Waals surface area contributed by atoms with Gasteiger partial charge in [-0.05, 0) is 43.0 Å². The van der Waals surface area contributed by atoms with Gasteiger partial charge in [-0.15, -0.1) is 0 Å². The molecule has 1 atom stereocenters. The van der Waals surface area contributed by atoms with Crippen LogP contribution in [0.1, 0.15) is 44.2 Å². The minimum atomic E-state index is -3.85. The number of nitrogens with zero attached hydrogens (tertiary/aromatic N) is 2. The number of hydrogen-bond acceptors (Lipinski definition) is 6. The van der Waals surface area contributed by atoms with Crippen molar-refractivity contribution in [2.24, 2.45) is 0 Å². The Bertz CT molecular complexity index is 1170. The Labute approximate surface area is 220 Å². The minimum absolute atomic E-state index is 0.175. The Hall–Kier alpha value is -3.27. The van der Waals surface area contributed by atoms with Gasteiger partial charge < -0.3 is 19.7 Å². The normalized spacial score (nSPS) is 11.9. The second-order valence-electron chi connectivity index (χ2n) is 8.83. The lowest BCUT2D eigenvalue weighted by Gasteiger charge is -2.33. The molecule has 0 aliphatic rings. The Morgan fingerprint density at radius 2 is 1.70 bits per heavy atom. The maximum Gasteiger partial charge on any atom is 0.244 e. The van der Waals surface area contributed by atoms with E-state index in [4.69, 9.17) is 9.47 Å². The van der Waals surface area contributed by atoms with Crippen LogP contribution in [0.4, 0.5) is 5.69 Å². The summed E-state index contributed by atoms with van der Waals surface area (Å²) >= 11 is 0. The quantitative estimate of drug-likeness (QED) is 0.373. The van der Waals surface area contributed by atoms with Crippen molar-refractivity contribution in [1.82, 2.24) is 10.2 Å². The standard InChI is InChI=1S/C27H39N3O6S/c1-7-9-16-28-27(32)23(8-2)29(18-21-13-11-10-12-20(21)3)26(31)19-30(37(6,33)34)22-14-15-24(35-4)25(17-22)36-5/h10-15,17,23H,7-9,16,18-19H2,1-6H3,(H,28,32)/t23-/m0/s1. The number of hydrogen-bond donors (Lipinski definition) is 1. The molecule has 0 unspecified atom stereocenters. The second kappa shape index (κ2) is 13.9. The van der Waals surface area contributed by atoms with E-state index in [1.165, 1.54) is 25.2 Å². The van der Waals surface area contributed by atoms with Gasteiger partial charge in [0.05, 0.1) is 26.2 Å². The van der Waals surface area contributed by atoms with Gasteiger partial charge in [0.15, 0.2) is 11.5 Å². The Morgan fingerprint density at radius 3 is 2.27 bits per heavy atom. The summed E-state index contributed by atoms with van der Waals surface area (Å²) in [5.74, 6) is 0.0254. The highest BCUT2D eigenvalue weighted by Gasteiger charge is 2.32. The number of sulfonamides is 1. The van der Waals surface area contributed by atoms with Crippen LogP contribution in [0.3, 0.4) is 0 Å². The van der Waals surface area contributed by atoms with E-state index in [1.807, 2.05) is 45.0 Å². The number of ether oxygens (including phenoxy) is 2. The molecule has 0 saturated carbocycles. The van der Waals surface area contributed by atoms with E-state index in [1.54, 1.807) is 12.1 Å². The molecule has 0 bridgehead atoms. The van der Waals surface area contributed by atoms with Crippen LogP contribution in [0, 0.1) is 6.92 Å². The number of unbranched alkanes of at least 4 members (excludes halogenated alkanes) is 1. The van der Waals surface area contributed by atoms with Crippen molar-refractivity contribution in [2.75, 3.05) is 37.9 Å². The third-order valence-electron chi connectivity index (χ3n) is 6.15. The van der Waals surface area contributed by atoms with Crippen molar-refractivity contribution < 1.29 is 27.5 Å². The fraction of sp³-hybridized carbons (Fsp3) is 0.481. The lowest BCUT2D eigenvalue weighted by Crippen LogP contribution is -2.52. The molecule has 0 aliphatic heterocycles. The number of carbonyl (C=O) groups excluding carboxylic acids is 2. The van der Waals surface area contributed by atoms with E-state index in [2.05, 4.69) is 5.32 Å². The first-order valence-corrected chi connectivity index (χ1v) is 14.2. The topological polar surface area (TPSA) is 105 Å². The number of benzene rings is 2. The van der Waals surface area contributed by atoms with Crippen LogP contribution in [-0.4, -0.2) is 64.7 Å². The first-order chi connectivity index (χ1) is 17.6. The summed E-state index contributed by atoms with van der Waals surface area (Å²) in [5.41, 5.74) is 2.11. The fourth-order valence-electron chi connectivity index (χ4n) is 3.99. The van der Waals surface area contributed by atoms with Crippen LogP contribution < -0.4 is 19.1 Å². The Morgan fingerprint density at radius 1 is 1.03 bits per heavy atom. The molecule has 37 heavy (non-hydrogen) atoms. The summed E-state index contributed by atoms with van der Waals surface area (Å²) < 4.78 is 37.2. The third-order valence-corrected chi connectivity index (χ3v) is 7.29. The molecule has 2 amide bonds. The Balaban J connectivity index is 2.46. The molecule has 0 heterocycles. The number of amides is 2. The van der Waals surface area contributed by atoms with Gasteiger partial charge >= 0.3 is 0 Å². The smallest absolute Gasteiger partial charge is 0.244 e. The monoisotopic (exact) mass is 533 g/mol. The summed E-state index contributed by atoms with van der Waals surface area (Å²) in [6.07, 6.45) is 3.18. The number of rotatable bonds is 14. The summed E-state index contributed by atoms with van der Waals surface area (Å²) in [6, 6.07) is 11.5. The average molecular weight is 534 g/mol. The highest BCUT2D eigenvalue weighted by molar-refractivity contribution is 7.92. The van der Waals surface area contributed by atoms with Gasteiger partial charge in [-0.2, -0.15) is 0 Å². The van der Waals surface area contributed by atoms with Gasteiger partial charge in [-0.3, -0.25) is 13.9 Å². The van der Waals surface area contributed by atoms with Crippen molar-refractivity contribution in [3.8, 4) is 11.5 Å². The van der Waals surface area contributed by atoms with Crippen molar-refractivity contribution in [1.29, 1.82) is 0 Å². The SMILES string of the molecule is CCCCNC(=O)[C@H](CC)N(Cc1ccccc1C)C(=O)CN(c1ccc(OC)c(OC)c1)S(C)(=O)=O. The van der Waals surface area contributed by atoms with Crippen LogP contribution in [-0.2, 0) is 26.2 Å². The average Bonchev–Trinajstić information content (AvgIpc) is 2.87. The molecule has 0 spiro atoms. The summed E-state index contributed by atoms with van der Waals surface area (Å²) in [6.45, 7) is 6.02. The summed E-state index contributed by atoms with van der Waals surface area (Å²) in [5, 5.41) is 2.92. The van der Waals surface area contributed by atoms with E-state index in [9.17, 15) is 18.0 Å². The molecule has 0 radical (unpaired) electrons. The molecule has 2 rings (SSSR count). The second-order valence-corrected chi connectivity index (χ2v) is 10.7. The first kappa shape index (κ1) is 30.0. The lowest BCUT2D eigenvalue weighted by atomic mass is 10.1. The number of aryl methyl sites for hydroxylation is 1. The summed E-state index contributed by atoms with van der Waals surface area (Å²) in [7, 11) is -0.923. The Kier molecular flexibility index (Phi) is 11.2. The molecule has 2 aromatic rings. The molecule has 0 aliphatic carbocycles. The zero-order valence-corrected chi connectivity index (χ0v) is 23.4. The van der Waals surface area contributed by atoms with E-state index >= 15 is 0 Å². The van der Waals surface area contributed by atoms with Crippen molar-refractivity contribution in [3.63, 3.8) is 0 Å². The maximum atomic E-state index is 13.8. The molecular weight excluding hydrogens is 494 g/mol. The van der Waals surface area contributed by atoms with E-state index < -0.39 is 28.5 Å². The predicted octanol–water partition coefficient (Wildman–Crippen LogP) is 3.50. The number of nitrogens with one attached hydrogen (secondary N) is 1. The highest BCUT2D eigenvalue weighted by Crippen LogP contribution is 2.32. The van der Waals surface area contributed by atoms with Gasteiger partial charge in [-0.1, -0.05) is 44.5 Å². The van der Waals surface area contributed by atoms with E-state index in [0.29, 0.717) is 24.5 Å². The van der Waals surface area contributed by atoms with Gasteiger partial charge in [0, 0.05) is 19.2 Å². The number of carbonyl (C=O) groups is 2. The van der Waals surface area contributed by atoms with Crippen LogP contribution >= 0.6 is 0 Å². The molecule has 0 saturated heterocycles. The molecule has 204 valence electrons. The first-order valence-electron chi connectivity index (χ1n) is 12.4.